The van der Waals surface area contributed by atoms with E-state index in [2.05, 4.69) is 36.3 Å². The van der Waals surface area contributed by atoms with Crippen LogP contribution in [-0.2, 0) is 11.3 Å². The van der Waals surface area contributed by atoms with Gasteiger partial charge in [-0.2, -0.15) is 0 Å². The van der Waals surface area contributed by atoms with E-state index >= 15 is 0 Å². The van der Waals surface area contributed by atoms with Crippen LogP contribution in [0.15, 0.2) is 64.8 Å². The normalized spacial score (nSPS) is 18.7. The molecular formula is C28H35ClN6O2. The van der Waals surface area contributed by atoms with Crippen molar-refractivity contribution in [1.82, 2.24) is 10.2 Å². The maximum absolute atomic E-state index is 13.4. The van der Waals surface area contributed by atoms with Gasteiger partial charge in [0.25, 0.3) is 12.2 Å². The van der Waals surface area contributed by atoms with E-state index in [4.69, 9.17) is 22.7 Å². The summed E-state index contributed by atoms with van der Waals surface area (Å²) in [5, 5.41) is 9.15. The van der Waals surface area contributed by atoms with Crippen LogP contribution in [-0.4, -0.2) is 29.0 Å². The number of hydrogen-bond donors (Lipinski definition) is 3. The molecule has 1 aliphatic carbocycles. The van der Waals surface area contributed by atoms with Gasteiger partial charge in [0, 0.05) is 29.2 Å². The number of rotatable bonds is 9. The molecule has 0 radical (unpaired) electrons. The second kappa shape index (κ2) is 12.7. The van der Waals surface area contributed by atoms with Crippen molar-refractivity contribution in [2.45, 2.75) is 65.3 Å². The van der Waals surface area contributed by atoms with Gasteiger partial charge in [0.15, 0.2) is 0 Å². The van der Waals surface area contributed by atoms with Crippen LogP contribution in [0.1, 0.15) is 67.9 Å². The van der Waals surface area contributed by atoms with Gasteiger partial charge in [-0.3, -0.25) is 9.59 Å². The number of amides is 2. The molecule has 1 fully saturated rings. The van der Waals surface area contributed by atoms with Gasteiger partial charge >= 0.3 is 0 Å². The van der Waals surface area contributed by atoms with E-state index in [0.29, 0.717) is 23.0 Å². The zero-order chi connectivity index (χ0) is 27.0. The number of halogens is 1. The highest BCUT2D eigenvalue weighted by Gasteiger charge is 2.33. The Kier molecular flexibility index (Phi) is 9.69. The zero-order valence-corrected chi connectivity index (χ0v) is 22.3. The molecule has 2 aromatic rings. The Morgan fingerprint density at radius 3 is 2.30 bits per heavy atom. The van der Waals surface area contributed by atoms with E-state index in [-0.39, 0.29) is 17.4 Å². The van der Waals surface area contributed by atoms with Crippen molar-refractivity contribution >= 4 is 29.5 Å². The summed E-state index contributed by atoms with van der Waals surface area (Å²) in [4.78, 5) is 27.7. The Hall–Kier alpha value is -3.39. The molecule has 0 unspecified atom stereocenters. The third kappa shape index (κ3) is 8.05. The Morgan fingerprint density at radius 2 is 1.73 bits per heavy atom. The van der Waals surface area contributed by atoms with E-state index in [1.165, 1.54) is 0 Å². The Bertz CT molecular complexity index is 1130. The number of nitrogens with zero attached hydrogens (tertiary/aromatic N) is 3. The Labute approximate surface area is 223 Å². The maximum atomic E-state index is 13.4. The van der Waals surface area contributed by atoms with Crippen LogP contribution in [0, 0.1) is 22.4 Å². The first-order valence-electron chi connectivity index (χ1n) is 12.5. The number of benzene rings is 2. The molecule has 0 heterocycles. The predicted octanol–water partition coefficient (Wildman–Crippen LogP) is 7.06. The summed E-state index contributed by atoms with van der Waals surface area (Å²) >= 11 is 6.09. The standard InChI is InChI=1S/C28H35ClN6O2/c1-28(2,3)22-12-14-24(15-13-22)35(25(36)16-9-19-5-4-6-23(29)17-19)18-20-7-10-21(11-8-20)26(37)32-27(33-30)34-31/h4-11,16-17,22,24,27,30-31H,12-15,18H2,1-3H3,(H,32,37). The molecule has 1 saturated carbocycles. The molecule has 0 spiro atoms. The van der Waals surface area contributed by atoms with E-state index in [0.717, 1.165) is 36.8 Å². The zero-order valence-electron chi connectivity index (χ0n) is 21.6. The van der Waals surface area contributed by atoms with Crippen molar-refractivity contribution in [1.29, 1.82) is 11.1 Å². The van der Waals surface area contributed by atoms with Crippen LogP contribution < -0.4 is 5.32 Å². The Morgan fingerprint density at radius 1 is 1.08 bits per heavy atom. The molecule has 0 atom stereocenters. The molecule has 37 heavy (non-hydrogen) atoms. The summed E-state index contributed by atoms with van der Waals surface area (Å²) in [6.07, 6.45) is 6.24. The third-order valence-electron chi connectivity index (χ3n) is 6.99. The fraction of sp³-hybridized carbons (Fsp3) is 0.429. The summed E-state index contributed by atoms with van der Waals surface area (Å²) in [7, 11) is 0. The van der Waals surface area contributed by atoms with Gasteiger partial charge in [-0.1, -0.05) is 56.6 Å². The van der Waals surface area contributed by atoms with Crippen LogP contribution in [0.3, 0.4) is 0 Å². The lowest BCUT2D eigenvalue weighted by molar-refractivity contribution is -0.130. The molecule has 0 bridgehead atoms. The molecule has 196 valence electrons. The van der Waals surface area contributed by atoms with Gasteiger partial charge in [0.2, 0.25) is 5.91 Å². The van der Waals surface area contributed by atoms with Crippen molar-refractivity contribution in [3.05, 3.63) is 76.3 Å². The highest BCUT2D eigenvalue weighted by Crippen LogP contribution is 2.39. The van der Waals surface area contributed by atoms with Crippen molar-refractivity contribution in [2.24, 2.45) is 21.6 Å². The van der Waals surface area contributed by atoms with Crippen LogP contribution in [0.5, 0.6) is 0 Å². The lowest BCUT2D eigenvalue weighted by atomic mass is 9.71. The van der Waals surface area contributed by atoms with Gasteiger partial charge in [0.05, 0.1) is 0 Å². The smallest absolute Gasteiger partial charge is 0.254 e. The van der Waals surface area contributed by atoms with Gasteiger partial charge in [-0.05, 0) is 78.5 Å². The number of hydrogen-bond acceptors (Lipinski definition) is 6. The third-order valence-corrected chi connectivity index (χ3v) is 7.22. The number of carbonyl (C=O) groups is 2. The van der Waals surface area contributed by atoms with Crippen molar-refractivity contribution in [3.8, 4) is 0 Å². The molecule has 0 aliphatic heterocycles. The second-order valence-corrected chi connectivity index (χ2v) is 11.0. The van der Waals surface area contributed by atoms with Crippen molar-refractivity contribution in [3.63, 3.8) is 0 Å². The summed E-state index contributed by atoms with van der Waals surface area (Å²) in [6, 6.07) is 14.5. The van der Waals surface area contributed by atoms with Crippen molar-refractivity contribution in [2.75, 3.05) is 0 Å². The second-order valence-electron chi connectivity index (χ2n) is 10.5. The topological polar surface area (TPSA) is 122 Å². The molecule has 1 aliphatic rings. The minimum Gasteiger partial charge on any atom is -0.332 e. The SMILES string of the molecule is CC(C)(C)C1CCC(N(Cc2ccc(C(=O)NC(N=N)N=N)cc2)C(=O)C=Cc2cccc(Cl)c2)CC1. The highest BCUT2D eigenvalue weighted by molar-refractivity contribution is 6.30. The minimum absolute atomic E-state index is 0.0574. The van der Waals surface area contributed by atoms with E-state index in [1.54, 1.807) is 30.4 Å². The fourth-order valence-corrected chi connectivity index (χ4v) is 4.96. The van der Waals surface area contributed by atoms with E-state index in [9.17, 15) is 9.59 Å². The molecule has 3 N–H and O–H groups in total. The molecule has 2 amide bonds. The summed E-state index contributed by atoms with van der Waals surface area (Å²) in [5.41, 5.74) is 16.3. The molecule has 3 rings (SSSR count). The maximum Gasteiger partial charge on any atom is 0.254 e. The molecule has 0 aromatic heterocycles. The largest absolute Gasteiger partial charge is 0.332 e. The fourth-order valence-electron chi connectivity index (χ4n) is 4.77. The lowest BCUT2D eigenvalue weighted by Crippen LogP contribution is -2.42. The average Bonchev–Trinajstić information content (AvgIpc) is 2.89. The number of carbonyl (C=O) groups excluding carboxylic acids is 2. The first-order valence-corrected chi connectivity index (χ1v) is 12.9. The summed E-state index contributed by atoms with van der Waals surface area (Å²) in [5.74, 6) is 0.106. The molecule has 8 nitrogen and oxygen atoms in total. The summed E-state index contributed by atoms with van der Waals surface area (Å²) < 4.78 is 0. The lowest BCUT2D eigenvalue weighted by Gasteiger charge is -2.41. The van der Waals surface area contributed by atoms with Gasteiger partial charge in [-0.25, -0.2) is 11.1 Å². The molecule has 0 saturated heterocycles. The monoisotopic (exact) mass is 522 g/mol. The van der Waals surface area contributed by atoms with E-state index < -0.39 is 12.2 Å². The Balaban J connectivity index is 1.77. The molecule has 9 heteroatoms. The number of nitrogens with one attached hydrogen (secondary N) is 3. The van der Waals surface area contributed by atoms with Gasteiger partial charge in [0.1, 0.15) is 0 Å². The minimum atomic E-state index is -1.23. The van der Waals surface area contributed by atoms with Crippen LogP contribution in [0.4, 0.5) is 0 Å². The predicted molar refractivity (Wildman–Crippen MR) is 144 cm³/mol. The van der Waals surface area contributed by atoms with Gasteiger partial charge in [-0.15, -0.1) is 10.2 Å². The van der Waals surface area contributed by atoms with E-state index in [1.807, 2.05) is 35.2 Å². The van der Waals surface area contributed by atoms with Crippen LogP contribution in [0.2, 0.25) is 5.02 Å². The average molecular weight is 523 g/mol. The van der Waals surface area contributed by atoms with Gasteiger partial charge < -0.3 is 10.2 Å². The first kappa shape index (κ1) is 28.2. The molecule has 2 aromatic carbocycles. The molecular weight excluding hydrogens is 488 g/mol. The van der Waals surface area contributed by atoms with Crippen LogP contribution >= 0.6 is 11.6 Å². The highest BCUT2D eigenvalue weighted by atomic mass is 35.5. The first-order chi connectivity index (χ1) is 17.6. The summed E-state index contributed by atoms with van der Waals surface area (Å²) in [6.45, 7) is 7.28. The van der Waals surface area contributed by atoms with Crippen LogP contribution in [0.25, 0.3) is 6.08 Å². The quantitative estimate of drug-likeness (QED) is 0.241. The van der Waals surface area contributed by atoms with Crippen molar-refractivity contribution < 1.29 is 9.59 Å².